The van der Waals surface area contributed by atoms with Gasteiger partial charge in [0.2, 0.25) is 0 Å². The molecule has 5 rings (SSSR count). The Morgan fingerprint density at radius 2 is 1.77 bits per heavy atom. The molecular weight excluding hydrogens is 330 g/mol. The summed E-state index contributed by atoms with van der Waals surface area (Å²) in [5.41, 5.74) is 2.27. The topological polar surface area (TPSA) is 69.0 Å². The first-order valence-electron chi connectivity index (χ1n) is 9.63. The molecule has 2 saturated heterocycles. The summed E-state index contributed by atoms with van der Waals surface area (Å²) >= 11 is 0. The average Bonchev–Trinajstić information content (AvgIpc) is 3.46. The van der Waals surface area contributed by atoms with E-state index in [4.69, 9.17) is 5.10 Å². The van der Waals surface area contributed by atoms with E-state index in [1.54, 1.807) is 0 Å². The van der Waals surface area contributed by atoms with Crippen molar-refractivity contribution < 1.29 is 4.79 Å². The third-order valence-electron chi connectivity index (χ3n) is 5.62. The first-order valence-corrected chi connectivity index (χ1v) is 9.63. The molecule has 0 spiro atoms. The summed E-state index contributed by atoms with van der Waals surface area (Å²) in [4.78, 5) is 23.5. The van der Waals surface area contributed by atoms with E-state index in [1.807, 2.05) is 26.7 Å². The second-order valence-corrected chi connectivity index (χ2v) is 7.42. The Labute approximate surface area is 152 Å². The van der Waals surface area contributed by atoms with Gasteiger partial charge in [-0.25, -0.2) is 14.3 Å². The number of aromatic nitrogens is 3. The van der Waals surface area contributed by atoms with Crippen LogP contribution in [0.5, 0.6) is 0 Å². The van der Waals surface area contributed by atoms with Crippen LogP contribution in [0.25, 0.3) is 5.52 Å². The van der Waals surface area contributed by atoms with Gasteiger partial charge in [0.1, 0.15) is 5.52 Å². The van der Waals surface area contributed by atoms with Gasteiger partial charge in [-0.2, -0.15) is 5.10 Å². The highest BCUT2D eigenvalue weighted by Crippen LogP contribution is 2.40. The van der Waals surface area contributed by atoms with Crippen LogP contribution in [0.15, 0.2) is 18.5 Å². The van der Waals surface area contributed by atoms with Crippen molar-refractivity contribution in [3.05, 3.63) is 24.2 Å². The van der Waals surface area contributed by atoms with Crippen molar-refractivity contribution in [2.24, 2.45) is 0 Å². The van der Waals surface area contributed by atoms with E-state index in [0.717, 1.165) is 63.7 Å². The monoisotopic (exact) mass is 355 g/mol. The van der Waals surface area contributed by atoms with Crippen molar-refractivity contribution in [2.75, 3.05) is 57.3 Å². The summed E-state index contributed by atoms with van der Waals surface area (Å²) in [6.07, 6.45) is 6.25. The van der Waals surface area contributed by atoms with E-state index in [9.17, 15) is 4.79 Å². The van der Waals surface area contributed by atoms with E-state index in [-0.39, 0.29) is 6.03 Å². The summed E-state index contributed by atoms with van der Waals surface area (Å²) in [6, 6.07) is 2.37. The molecule has 2 aromatic heterocycles. The van der Waals surface area contributed by atoms with Crippen LogP contribution in [0.1, 0.15) is 24.5 Å². The van der Waals surface area contributed by atoms with Crippen molar-refractivity contribution >= 4 is 17.4 Å². The van der Waals surface area contributed by atoms with Crippen LogP contribution in [0.3, 0.4) is 0 Å². The molecule has 0 bridgehead atoms. The molecule has 1 aliphatic carbocycles. The third kappa shape index (κ3) is 2.88. The molecule has 0 unspecified atom stereocenters. The molecule has 8 heteroatoms. The van der Waals surface area contributed by atoms with Crippen LogP contribution in [0.2, 0.25) is 0 Å². The second-order valence-electron chi connectivity index (χ2n) is 7.42. The molecule has 2 aliphatic heterocycles. The van der Waals surface area contributed by atoms with E-state index in [1.165, 1.54) is 18.5 Å². The molecule has 26 heavy (non-hydrogen) atoms. The lowest BCUT2D eigenvalue weighted by Gasteiger charge is -2.39. The van der Waals surface area contributed by atoms with Gasteiger partial charge in [0.25, 0.3) is 0 Å². The number of rotatable bonds is 2. The van der Waals surface area contributed by atoms with E-state index in [0.29, 0.717) is 5.92 Å². The normalized spacial score (nSPS) is 21.5. The average molecular weight is 355 g/mol. The second kappa shape index (κ2) is 6.42. The van der Waals surface area contributed by atoms with Gasteiger partial charge < -0.3 is 20.0 Å². The standard InChI is InChI=1S/C18H25N7O/c26-18(23-6-3-19-4-7-23)24-11-9-22(10-12-24)17-16-13-15(14-1-2-14)21-25(16)8-5-20-17/h5,8,13-14,19H,1-4,6-7,9-12H2. The predicted molar refractivity (Wildman–Crippen MR) is 98.6 cm³/mol. The van der Waals surface area contributed by atoms with Crippen molar-refractivity contribution in [2.45, 2.75) is 18.8 Å². The van der Waals surface area contributed by atoms with Gasteiger partial charge in [-0.05, 0) is 18.9 Å². The van der Waals surface area contributed by atoms with Crippen LogP contribution in [-0.2, 0) is 0 Å². The van der Waals surface area contributed by atoms with E-state index in [2.05, 4.69) is 21.3 Å². The first kappa shape index (κ1) is 15.9. The SMILES string of the molecule is O=C(N1CCNCC1)N1CCN(c2nccn3nc(C4CC4)cc23)CC1. The summed E-state index contributed by atoms with van der Waals surface area (Å²) in [5.74, 6) is 1.62. The summed E-state index contributed by atoms with van der Waals surface area (Å²) in [6.45, 7) is 6.51. The maximum absolute atomic E-state index is 12.7. The lowest BCUT2D eigenvalue weighted by Crippen LogP contribution is -2.56. The maximum atomic E-state index is 12.7. The fraction of sp³-hybridized carbons (Fsp3) is 0.611. The minimum atomic E-state index is 0.178. The zero-order valence-electron chi connectivity index (χ0n) is 15.0. The van der Waals surface area contributed by atoms with Gasteiger partial charge >= 0.3 is 6.03 Å². The lowest BCUT2D eigenvalue weighted by atomic mass is 10.2. The summed E-state index contributed by atoms with van der Waals surface area (Å²) in [5, 5.41) is 8.00. The van der Waals surface area contributed by atoms with Gasteiger partial charge in [-0.3, -0.25) is 0 Å². The summed E-state index contributed by atoms with van der Waals surface area (Å²) < 4.78 is 1.95. The Kier molecular flexibility index (Phi) is 3.92. The molecule has 1 N–H and O–H groups in total. The van der Waals surface area contributed by atoms with Crippen molar-refractivity contribution in [1.82, 2.24) is 29.7 Å². The van der Waals surface area contributed by atoms with E-state index >= 15 is 0 Å². The van der Waals surface area contributed by atoms with Crippen LogP contribution < -0.4 is 10.2 Å². The Morgan fingerprint density at radius 3 is 2.50 bits per heavy atom. The minimum Gasteiger partial charge on any atom is -0.351 e. The molecule has 3 fully saturated rings. The number of piperazine rings is 2. The zero-order valence-corrected chi connectivity index (χ0v) is 15.0. The molecule has 3 aliphatic rings. The van der Waals surface area contributed by atoms with Gasteiger partial charge in [0.15, 0.2) is 5.82 Å². The first-order chi connectivity index (χ1) is 12.8. The van der Waals surface area contributed by atoms with Crippen molar-refractivity contribution in [1.29, 1.82) is 0 Å². The molecule has 2 aromatic rings. The number of carbonyl (C=O) groups is 1. The number of hydrogen-bond donors (Lipinski definition) is 1. The quantitative estimate of drug-likeness (QED) is 0.861. The Bertz CT molecular complexity index is 801. The van der Waals surface area contributed by atoms with Crippen LogP contribution in [0, 0.1) is 0 Å². The molecule has 0 radical (unpaired) electrons. The number of carbonyl (C=O) groups excluding carboxylic acids is 1. The molecule has 4 heterocycles. The Hall–Kier alpha value is -2.35. The number of hydrogen-bond acceptors (Lipinski definition) is 5. The highest BCUT2D eigenvalue weighted by molar-refractivity contribution is 5.75. The highest BCUT2D eigenvalue weighted by Gasteiger charge is 2.29. The minimum absolute atomic E-state index is 0.178. The fourth-order valence-corrected chi connectivity index (χ4v) is 3.92. The predicted octanol–water partition coefficient (Wildman–Crippen LogP) is 0.754. The zero-order chi connectivity index (χ0) is 17.5. The highest BCUT2D eigenvalue weighted by atomic mass is 16.2. The van der Waals surface area contributed by atoms with Crippen molar-refractivity contribution in [3.8, 4) is 0 Å². The number of nitrogens with one attached hydrogen (secondary N) is 1. The number of urea groups is 1. The lowest BCUT2D eigenvalue weighted by molar-refractivity contribution is 0.144. The smallest absolute Gasteiger partial charge is 0.320 e. The Balaban J connectivity index is 1.29. The van der Waals surface area contributed by atoms with Gasteiger partial charge in [0, 0.05) is 70.7 Å². The Morgan fingerprint density at radius 1 is 1.04 bits per heavy atom. The maximum Gasteiger partial charge on any atom is 0.320 e. The third-order valence-corrected chi connectivity index (χ3v) is 5.62. The van der Waals surface area contributed by atoms with E-state index < -0.39 is 0 Å². The molecule has 2 amide bonds. The van der Waals surface area contributed by atoms with Crippen molar-refractivity contribution in [3.63, 3.8) is 0 Å². The number of anilines is 1. The largest absolute Gasteiger partial charge is 0.351 e. The van der Waals surface area contributed by atoms with Gasteiger partial charge in [-0.1, -0.05) is 0 Å². The molecule has 1 saturated carbocycles. The van der Waals surface area contributed by atoms with Crippen LogP contribution in [0.4, 0.5) is 10.6 Å². The number of amides is 2. The molecule has 0 aromatic carbocycles. The van der Waals surface area contributed by atoms with Crippen LogP contribution >= 0.6 is 0 Å². The molecule has 138 valence electrons. The van der Waals surface area contributed by atoms with Gasteiger partial charge in [0.05, 0.1) is 5.69 Å². The summed E-state index contributed by atoms with van der Waals surface area (Å²) in [7, 11) is 0. The number of fused-ring (bicyclic) bond motifs is 1. The molecule has 8 nitrogen and oxygen atoms in total. The molecule has 0 atom stereocenters. The molecular formula is C18H25N7O. The number of nitrogens with zero attached hydrogens (tertiary/aromatic N) is 6. The van der Waals surface area contributed by atoms with Gasteiger partial charge in [-0.15, -0.1) is 0 Å². The van der Waals surface area contributed by atoms with Crippen LogP contribution in [-0.4, -0.2) is 82.8 Å². The fourth-order valence-electron chi connectivity index (χ4n) is 3.92.